The Morgan fingerprint density at radius 2 is 1.14 bits per heavy atom. The number of carbonyl (C=O) groups excluding carboxylic acids is 2. The average molecular weight is 330 g/mol. The lowest BCUT2D eigenvalue weighted by Crippen LogP contribution is -2.22. The topological polar surface area (TPSA) is 46.2 Å². The van der Waals surface area contributed by atoms with Gasteiger partial charge in [0.1, 0.15) is 0 Å². The first kappa shape index (κ1) is 18.6. The van der Waals surface area contributed by atoms with Crippen molar-refractivity contribution in [2.45, 2.75) is 65.2 Å². The number of amides is 2. The van der Waals surface area contributed by atoms with Crippen molar-refractivity contribution >= 4 is 35.3 Å². The maximum absolute atomic E-state index is 11.8. The number of rotatable bonds is 12. The molecule has 5 heteroatoms. The molecule has 0 aromatic carbocycles. The summed E-state index contributed by atoms with van der Waals surface area (Å²) >= 11 is 3.10. The van der Waals surface area contributed by atoms with E-state index >= 15 is 0 Å². The first-order valence-corrected chi connectivity index (χ1v) is 10.0. The van der Waals surface area contributed by atoms with E-state index in [0.717, 1.165) is 24.3 Å². The van der Waals surface area contributed by atoms with Crippen LogP contribution >= 0.6 is 23.5 Å². The first-order chi connectivity index (χ1) is 10.2. The quantitative estimate of drug-likeness (QED) is 0.423. The molecule has 2 amide bonds. The second-order valence-electron chi connectivity index (χ2n) is 5.26. The fourth-order valence-corrected chi connectivity index (χ4v) is 4.36. The molecule has 0 aliphatic carbocycles. The standard InChI is InChI=1S/C16H27NO2S2/c1-3-5-7-9-11-20-13-14(16(19)17-15(13)18)21-12-10-8-6-4-2/h3-12H2,1-2H3,(H,17,18,19). The first-order valence-electron chi connectivity index (χ1n) is 8.06. The van der Waals surface area contributed by atoms with Crippen molar-refractivity contribution in [3.05, 3.63) is 9.81 Å². The third-order valence-electron chi connectivity index (χ3n) is 3.33. The normalized spacial score (nSPS) is 15.0. The minimum Gasteiger partial charge on any atom is -0.287 e. The van der Waals surface area contributed by atoms with Crippen LogP contribution < -0.4 is 5.32 Å². The number of carbonyl (C=O) groups is 2. The van der Waals surface area contributed by atoms with Gasteiger partial charge in [-0.15, -0.1) is 23.5 Å². The average Bonchev–Trinajstić information content (AvgIpc) is 2.73. The highest BCUT2D eigenvalue weighted by atomic mass is 32.2. The molecule has 0 saturated carbocycles. The number of thioether (sulfide) groups is 2. The molecule has 1 aliphatic rings. The minimum atomic E-state index is -0.198. The molecule has 1 N–H and O–H groups in total. The van der Waals surface area contributed by atoms with Gasteiger partial charge in [0.25, 0.3) is 11.8 Å². The summed E-state index contributed by atoms with van der Waals surface area (Å²) in [6.07, 6.45) is 9.53. The third-order valence-corrected chi connectivity index (χ3v) is 5.81. The molecule has 0 fully saturated rings. The molecule has 0 radical (unpaired) electrons. The van der Waals surface area contributed by atoms with Crippen molar-refractivity contribution in [3.8, 4) is 0 Å². The van der Waals surface area contributed by atoms with Gasteiger partial charge in [0.2, 0.25) is 0 Å². The predicted octanol–water partition coefficient (Wildman–Crippen LogP) is 4.48. The molecule has 0 saturated heterocycles. The van der Waals surface area contributed by atoms with Crippen LogP contribution in [0, 0.1) is 0 Å². The Hall–Kier alpha value is -0.420. The van der Waals surface area contributed by atoms with Gasteiger partial charge in [-0.2, -0.15) is 0 Å². The van der Waals surface area contributed by atoms with E-state index in [2.05, 4.69) is 19.2 Å². The number of unbranched alkanes of at least 4 members (excludes halogenated alkanes) is 6. The van der Waals surface area contributed by atoms with Crippen molar-refractivity contribution < 1.29 is 9.59 Å². The van der Waals surface area contributed by atoms with Crippen LogP contribution in [0.2, 0.25) is 0 Å². The zero-order chi connectivity index (χ0) is 15.5. The zero-order valence-corrected chi connectivity index (χ0v) is 14.8. The molecular formula is C16H27NO2S2. The molecule has 1 aliphatic heterocycles. The van der Waals surface area contributed by atoms with Gasteiger partial charge in [-0.25, -0.2) is 0 Å². The van der Waals surface area contributed by atoms with Gasteiger partial charge >= 0.3 is 0 Å². The van der Waals surface area contributed by atoms with E-state index < -0.39 is 0 Å². The van der Waals surface area contributed by atoms with Crippen LogP contribution in [0.4, 0.5) is 0 Å². The molecule has 21 heavy (non-hydrogen) atoms. The highest BCUT2D eigenvalue weighted by Gasteiger charge is 2.30. The Balaban J connectivity index is 2.40. The predicted molar refractivity (Wildman–Crippen MR) is 93.4 cm³/mol. The largest absolute Gasteiger partial charge is 0.287 e. The Morgan fingerprint density at radius 1 is 0.714 bits per heavy atom. The molecule has 0 unspecified atom stereocenters. The van der Waals surface area contributed by atoms with E-state index in [9.17, 15) is 9.59 Å². The number of nitrogens with one attached hydrogen (secondary N) is 1. The molecule has 0 atom stereocenters. The highest BCUT2D eigenvalue weighted by Crippen LogP contribution is 2.33. The Bertz CT molecular complexity index is 346. The Kier molecular flexibility index (Phi) is 9.92. The molecule has 0 bridgehead atoms. The maximum atomic E-state index is 11.8. The van der Waals surface area contributed by atoms with Gasteiger partial charge < -0.3 is 0 Å². The fourth-order valence-electron chi connectivity index (χ4n) is 2.09. The lowest BCUT2D eigenvalue weighted by Gasteiger charge is -2.04. The van der Waals surface area contributed by atoms with E-state index in [4.69, 9.17) is 0 Å². The Morgan fingerprint density at radius 3 is 1.52 bits per heavy atom. The van der Waals surface area contributed by atoms with Gasteiger partial charge in [0, 0.05) is 0 Å². The Labute approximate surface area is 137 Å². The summed E-state index contributed by atoms with van der Waals surface area (Å²) in [4.78, 5) is 25.0. The van der Waals surface area contributed by atoms with Crippen LogP contribution in [0.1, 0.15) is 65.2 Å². The monoisotopic (exact) mass is 329 g/mol. The lowest BCUT2D eigenvalue weighted by atomic mass is 10.2. The summed E-state index contributed by atoms with van der Waals surface area (Å²) in [6.45, 7) is 4.37. The third kappa shape index (κ3) is 6.92. The molecule has 1 heterocycles. The summed E-state index contributed by atoms with van der Waals surface area (Å²) in [5.74, 6) is 1.46. The zero-order valence-electron chi connectivity index (χ0n) is 13.2. The van der Waals surface area contributed by atoms with E-state index in [1.165, 1.54) is 38.5 Å². The SMILES string of the molecule is CCCCCCSC1=C(SCCCCCC)C(=O)NC1=O. The van der Waals surface area contributed by atoms with Crippen LogP contribution in [-0.2, 0) is 9.59 Å². The van der Waals surface area contributed by atoms with Gasteiger partial charge in [-0.05, 0) is 24.3 Å². The molecule has 120 valence electrons. The van der Waals surface area contributed by atoms with E-state index in [0.29, 0.717) is 9.81 Å². The van der Waals surface area contributed by atoms with Gasteiger partial charge in [-0.1, -0.05) is 52.4 Å². The second-order valence-corrected chi connectivity index (χ2v) is 7.47. The summed E-state index contributed by atoms with van der Waals surface area (Å²) in [7, 11) is 0. The van der Waals surface area contributed by atoms with Crippen molar-refractivity contribution in [3.63, 3.8) is 0 Å². The number of hydrogen-bond acceptors (Lipinski definition) is 4. The van der Waals surface area contributed by atoms with Crippen molar-refractivity contribution in [1.29, 1.82) is 0 Å². The summed E-state index contributed by atoms with van der Waals surface area (Å²) < 4.78 is 0. The fraction of sp³-hybridized carbons (Fsp3) is 0.750. The second kappa shape index (κ2) is 11.2. The highest BCUT2D eigenvalue weighted by molar-refractivity contribution is 8.08. The summed E-state index contributed by atoms with van der Waals surface area (Å²) in [5.41, 5.74) is 0. The lowest BCUT2D eigenvalue weighted by molar-refractivity contribution is -0.123. The molecule has 0 aromatic heterocycles. The maximum Gasteiger partial charge on any atom is 0.265 e. The summed E-state index contributed by atoms with van der Waals surface area (Å²) in [5, 5.41) is 2.43. The smallest absolute Gasteiger partial charge is 0.265 e. The van der Waals surface area contributed by atoms with Crippen molar-refractivity contribution in [1.82, 2.24) is 5.32 Å². The van der Waals surface area contributed by atoms with E-state index in [1.54, 1.807) is 23.5 Å². The molecule has 0 aromatic rings. The number of imide groups is 1. The number of hydrogen-bond donors (Lipinski definition) is 1. The van der Waals surface area contributed by atoms with Crippen LogP contribution in [0.15, 0.2) is 9.81 Å². The van der Waals surface area contributed by atoms with Gasteiger partial charge in [-0.3, -0.25) is 14.9 Å². The van der Waals surface area contributed by atoms with Crippen LogP contribution in [0.25, 0.3) is 0 Å². The van der Waals surface area contributed by atoms with Crippen LogP contribution in [-0.4, -0.2) is 23.3 Å². The molecular weight excluding hydrogens is 302 g/mol. The minimum absolute atomic E-state index is 0.198. The van der Waals surface area contributed by atoms with E-state index in [-0.39, 0.29) is 11.8 Å². The van der Waals surface area contributed by atoms with Gasteiger partial charge in [0.05, 0.1) is 9.81 Å². The van der Waals surface area contributed by atoms with E-state index in [1.807, 2.05) is 0 Å². The van der Waals surface area contributed by atoms with Crippen molar-refractivity contribution in [2.24, 2.45) is 0 Å². The van der Waals surface area contributed by atoms with Crippen LogP contribution in [0.5, 0.6) is 0 Å². The molecule has 1 rings (SSSR count). The van der Waals surface area contributed by atoms with Crippen molar-refractivity contribution in [2.75, 3.05) is 11.5 Å². The van der Waals surface area contributed by atoms with Crippen LogP contribution in [0.3, 0.4) is 0 Å². The molecule has 0 spiro atoms. The molecule has 3 nitrogen and oxygen atoms in total. The van der Waals surface area contributed by atoms with Gasteiger partial charge in [0.15, 0.2) is 0 Å². The summed E-state index contributed by atoms with van der Waals surface area (Å²) in [6, 6.07) is 0.